The molecule has 1 aromatic rings. The van der Waals surface area contributed by atoms with Gasteiger partial charge in [-0.25, -0.2) is 4.79 Å². The Morgan fingerprint density at radius 1 is 1.14 bits per heavy atom. The number of anilines is 1. The molecule has 0 spiro atoms. The molecule has 2 N–H and O–H groups in total. The molecule has 0 saturated carbocycles. The van der Waals surface area contributed by atoms with Gasteiger partial charge in [0.25, 0.3) is 5.91 Å². The third kappa shape index (κ3) is 7.80. The molecular weight excluding hydrogens is 394 g/mol. The summed E-state index contributed by atoms with van der Waals surface area (Å²) in [5.41, 5.74) is -0.442. The van der Waals surface area contributed by atoms with Crippen molar-refractivity contribution in [1.29, 1.82) is 0 Å². The summed E-state index contributed by atoms with van der Waals surface area (Å²) in [6.07, 6.45) is -4.05. The van der Waals surface area contributed by atoms with E-state index in [-0.39, 0.29) is 30.2 Å². The lowest BCUT2D eigenvalue weighted by molar-refractivity contribution is -0.286. The summed E-state index contributed by atoms with van der Waals surface area (Å²) < 4.78 is 44.3. The van der Waals surface area contributed by atoms with Crippen LogP contribution in [0.25, 0.3) is 0 Å². The molecule has 0 bridgehead atoms. The van der Waals surface area contributed by atoms with Gasteiger partial charge in [0.1, 0.15) is 5.60 Å². The smallest absolute Gasteiger partial charge is 0.456 e. The largest absolute Gasteiger partial charge is 0.586 e. The van der Waals surface area contributed by atoms with Gasteiger partial charge >= 0.3 is 18.4 Å². The second-order valence-electron chi connectivity index (χ2n) is 7.07. The maximum atomic E-state index is 13.0. The molecule has 0 fully saturated rings. The van der Waals surface area contributed by atoms with Crippen molar-refractivity contribution in [3.05, 3.63) is 18.2 Å². The third-order valence-electron chi connectivity index (χ3n) is 3.28. The van der Waals surface area contributed by atoms with Crippen molar-refractivity contribution in [2.45, 2.75) is 45.5 Å². The molecule has 9 nitrogen and oxygen atoms in total. The molecule has 1 heterocycles. The summed E-state index contributed by atoms with van der Waals surface area (Å²) in [5, 5.41) is 4.88. The Bertz CT molecular complexity index is 778. The number of alkyl carbamates (subject to hydrolysis) is 1. The summed E-state index contributed by atoms with van der Waals surface area (Å²) in [7, 11) is 0. The van der Waals surface area contributed by atoms with Crippen molar-refractivity contribution in [2.75, 3.05) is 18.5 Å². The summed E-state index contributed by atoms with van der Waals surface area (Å²) in [6.45, 7) is 4.84. The van der Waals surface area contributed by atoms with Crippen LogP contribution in [0.5, 0.6) is 11.5 Å². The van der Waals surface area contributed by atoms with Crippen LogP contribution in [0, 0.1) is 0 Å². The van der Waals surface area contributed by atoms with E-state index in [1.807, 2.05) is 0 Å². The van der Waals surface area contributed by atoms with Crippen LogP contribution in [-0.2, 0) is 19.1 Å². The molecule has 1 aliphatic heterocycles. The van der Waals surface area contributed by atoms with Gasteiger partial charge < -0.3 is 29.6 Å². The molecule has 0 unspecified atom stereocenters. The fourth-order valence-electron chi connectivity index (χ4n) is 2.18. The Morgan fingerprint density at radius 2 is 1.83 bits per heavy atom. The molecule has 11 heteroatoms. The molecule has 0 aromatic heterocycles. The van der Waals surface area contributed by atoms with E-state index in [9.17, 15) is 23.2 Å². The van der Waals surface area contributed by atoms with Crippen LogP contribution in [0.1, 0.15) is 33.6 Å². The lowest BCUT2D eigenvalue weighted by Crippen LogP contribution is -2.33. The SMILES string of the molecule is CC(C)(C)OC(=O)NCCCC(=O)OCC(=O)Nc1ccc2c(c1)OC(F)(F)O2. The molecule has 1 aliphatic rings. The van der Waals surface area contributed by atoms with Crippen LogP contribution < -0.4 is 20.1 Å². The highest BCUT2D eigenvalue weighted by Gasteiger charge is 2.43. The molecule has 0 radical (unpaired) electrons. The van der Waals surface area contributed by atoms with Crippen molar-refractivity contribution in [1.82, 2.24) is 5.32 Å². The highest BCUT2D eigenvalue weighted by Crippen LogP contribution is 2.42. The molecule has 29 heavy (non-hydrogen) atoms. The van der Waals surface area contributed by atoms with Gasteiger partial charge in [-0.3, -0.25) is 9.59 Å². The van der Waals surface area contributed by atoms with Crippen LogP contribution in [0.15, 0.2) is 18.2 Å². The third-order valence-corrected chi connectivity index (χ3v) is 3.28. The molecular formula is C18H22F2N2O7. The average Bonchev–Trinajstić information content (AvgIpc) is 2.88. The van der Waals surface area contributed by atoms with E-state index in [1.165, 1.54) is 12.1 Å². The topological polar surface area (TPSA) is 112 Å². The molecule has 2 rings (SSSR count). The first-order valence-electron chi connectivity index (χ1n) is 8.76. The first-order chi connectivity index (χ1) is 13.4. The van der Waals surface area contributed by atoms with E-state index >= 15 is 0 Å². The summed E-state index contributed by atoms with van der Waals surface area (Å²) in [6, 6.07) is 3.72. The quantitative estimate of drug-likeness (QED) is 0.519. The number of hydrogen-bond donors (Lipinski definition) is 2. The number of alkyl halides is 2. The van der Waals surface area contributed by atoms with E-state index in [0.29, 0.717) is 6.42 Å². The minimum atomic E-state index is -3.75. The van der Waals surface area contributed by atoms with Gasteiger partial charge in [0, 0.05) is 24.7 Å². The lowest BCUT2D eigenvalue weighted by Gasteiger charge is -2.19. The number of ether oxygens (including phenoxy) is 4. The molecule has 2 amide bonds. The number of halogens is 2. The van der Waals surface area contributed by atoms with Gasteiger partial charge in [0.2, 0.25) is 0 Å². The first kappa shape index (κ1) is 22.2. The molecule has 0 atom stereocenters. The van der Waals surface area contributed by atoms with Gasteiger partial charge in [-0.1, -0.05) is 0 Å². The molecule has 0 aliphatic carbocycles. The van der Waals surface area contributed by atoms with Crippen LogP contribution in [0.3, 0.4) is 0 Å². The van der Waals surface area contributed by atoms with E-state index in [4.69, 9.17) is 9.47 Å². The van der Waals surface area contributed by atoms with E-state index in [1.54, 1.807) is 20.8 Å². The van der Waals surface area contributed by atoms with Crippen molar-refractivity contribution >= 4 is 23.7 Å². The van der Waals surface area contributed by atoms with Crippen LogP contribution >= 0.6 is 0 Å². The van der Waals surface area contributed by atoms with Crippen molar-refractivity contribution in [2.24, 2.45) is 0 Å². The Balaban J connectivity index is 1.64. The monoisotopic (exact) mass is 416 g/mol. The maximum absolute atomic E-state index is 13.0. The van der Waals surface area contributed by atoms with Crippen molar-refractivity contribution in [3.63, 3.8) is 0 Å². The Labute approximate surface area is 165 Å². The average molecular weight is 416 g/mol. The van der Waals surface area contributed by atoms with E-state index < -0.39 is 36.5 Å². The Hall–Kier alpha value is -3.11. The zero-order chi connectivity index (χ0) is 21.7. The number of carbonyl (C=O) groups excluding carboxylic acids is 3. The summed E-state index contributed by atoms with van der Waals surface area (Å²) >= 11 is 0. The zero-order valence-electron chi connectivity index (χ0n) is 16.2. The number of fused-ring (bicyclic) bond motifs is 1. The number of benzene rings is 1. The second kappa shape index (κ2) is 8.93. The fraction of sp³-hybridized carbons (Fsp3) is 0.500. The van der Waals surface area contributed by atoms with Crippen LogP contribution in [0.2, 0.25) is 0 Å². The predicted octanol–water partition coefficient (Wildman–Crippen LogP) is 2.79. The van der Waals surface area contributed by atoms with Gasteiger partial charge in [-0.2, -0.15) is 0 Å². The van der Waals surface area contributed by atoms with E-state index in [2.05, 4.69) is 20.1 Å². The minimum absolute atomic E-state index is 0.0117. The molecule has 0 saturated heterocycles. The highest BCUT2D eigenvalue weighted by molar-refractivity contribution is 5.93. The fourth-order valence-corrected chi connectivity index (χ4v) is 2.18. The number of amides is 2. The van der Waals surface area contributed by atoms with Gasteiger partial charge in [0.05, 0.1) is 0 Å². The normalized spacial score (nSPS) is 14.1. The van der Waals surface area contributed by atoms with E-state index in [0.717, 1.165) is 6.07 Å². The number of carbonyl (C=O) groups is 3. The molecule has 1 aromatic carbocycles. The standard InChI is InChI=1S/C18H22F2N2O7/c1-17(2,3)29-16(25)21-8-4-5-15(24)26-10-14(23)22-11-6-7-12-13(9-11)28-18(19,20)27-12/h6-7,9H,4-5,8,10H2,1-3H3,(H,21,25)(H,22,23). The van der Waals surface area contributed by atoms with Gasteiger partial charge in [-0.05, 0) is 39.3 Å². The van der Waals surface area contributed by atoms with Gasteiger partial charge in [0.15, 0.2) is 18.1 Å². The van der Waals surface area contributed by atoms with Gasteiger partial charge in [-0.15, -0.1) is 8.78 Å². The number of nitrogens with one attached hydrogen (secondary N) is 2. The second-order valence-corrected chi connectivity index (χ2v) is 7.07. The highest BCUT2D eigenvalue weighted by atomic mass is 19.3. The number of rotatable bonds is 7. The van der Waals surface area contributed by atoms with Crippen molar-refractivity contribution < 1.29 is 42.1 Å². The predicted molar refractivity (Wildman–Crippen MR) is 95.7 cm³/mol. The van der Waals surface area contributed by atoms with Crippen LogP contribution in [0.4, 0.5) is 19.3 Å². The Kier molecular flexibility index (Phi) is 6.83. The number of esters is 1. The minimum Gasteiger partial charge on any atom is -0.456 e. The zero-order valence-corrected chi connectivity index (χ0v) is 16.2. The van der Waals surface area contributed by atoms with Crippen molar-refractivity contribution in [3.8, 4) is 11.5 Å². The summed E-state index contributed by atoms with van der Waals surface area (Å²) in [4.78, 5) is 34.9. The number of hydrogen-bond acceptors (Lipinski definition) is 7. The first-order valence-corrected chi connectivity index (χ1v) is 8.76. The molecule has 160 valence electrons. The lowest BCUT2D eigenvalue weighted by atomic mass is 10.2. The van der Waals surface area contributed by atoms with Crippen LogP contribution in [-0.4, -0.2) is 43.0 Å². The Morgan fingerprint density at radius 3 is 2.52 bits per heavy atom. The maximum Gasteiger partial charge on any atom is 0.586 e. The summed E-state index contributed by atoms with van der Waals surface area (Å²) in [5.74, 6) is -1.66.